The van der Waals surface area contributed by atoms with Gasteiger partial charge < -0.3 is 9.53 Å². The van der Waals surface area contributed by atoms with E-state index >= 15 is 0 Å². The van der Waals surface area contributed by atoms with Gasteiger partial charge in [0.15, 0.2) is 6.29 Å². The van der Waals surface area contributed by atoms with Crippen LogP contribution >= 0.6 is 27.5 Å². The van der Waals surface area contributed by atoms with E-state index < -0.39 is 6.10 Å². The third-order valence-electron chi connectivity index (χ3n) is 1.64. The van der Waals surface area contributed by atoms with Crippen LogP contribution in [0.3, 0.4) is 0 Å². The first kappa shape index (κ1) is 10.7. The summed E-state index contributed by atoms with van der Waals surface area (Å²) < 4.78 is 5.78. The van der Waals surface area contributed by atoms with Crippen molar-refractivity contribution in [1.29, 1.82) is 0 Å². The second kappa shape index (κ2) is 4.74. The van der Waals surface area contributed by atoms with E-state index in [0.717, 1.165) is 16.3 Å². The topological polar surface area (TPSA) is 26.3 Å². The van der Waals surface area contributed by atoms with Crippen molar-refractivity contribution < 1.29 is 9.53 Å². The fourth-order valence-electron chi connectivity index (χ4n) is 0.988. The van der Waals surface area contributed by atoms with Crippen molar-refractivity contribution in [2.45, 2.75) is 6.10 Å². The first-order valence-electron chi connectivity index (χ1n) is 3.62. The minimum Gasteiger partial charge on any atom is -0.369 e. The molecule has 70 valence electrons. The van der Waals surface area contributed by atoms with Crippen LogP contribution < -0.4 is 0 Å². The van der Waals surface area contributed by atoms with E-state index in [1.54, 1.807) is 18.2 Å². The molecule has 2 nitrogen and oxygen atoms in total. The maximum Gasteiger partial charge on any atom is 0.153 e. The summed E-state index contributed by atoms with van der Waals surface area (Å²) in [5, 5.41) is 0.585. The van der Waals surface area contributed by atoms with E-state index in [9.17, 15) is 4.79 Å². The van der Waals surface area contributed by atoms with Gasteiger partial charge in [-0.15, -0.1) is 0 Å². The molecule has 4 heteroatoms. The van der Waals surface area contributed by atoms with Gasteiger partial charge in [-0.25, -0.2) is 0 Å². The molecule has 0 aromatic heterocycles. The standard InChI is InChI=1S/C9H8BrClO2/c1-13-9(5-12)7-4-6(11)2-3-8(7)10/h2-5,9H,1H3. The summed E-state index contributed by atoms with van der Waals surface area (Å²) in [5.41, 5.74) is 0.741. The van der Waals surface area contributed by atoms with E-state index in [-0.39, 0.29) is 0 Å². The Balaban J connectivity index is 3.10. The Bertz CT molecular complexity index is 314. The first-order chi connectivity index (χ1) is 6.19. The molecule has 0 aliphatic carbocycles. The van der Waals surface area contributed by atoms with E-state index in [4.69, 9.17) is 16.3 Å². The summed E-state index contributed by atoms with van der Waals surface area (Å²) in [6.45, 7) is 0. The quantitative estimate of drug-likeness (QED) is 0.784. The van der Waals surface area contributed by atoms with Gasteiger partial charge in [0.25, 0.3) is 0 Å². The Kier molecular flexibility index (Phi) is 3.90. The number of hydrogen-bond acceptors (Lipinski definition) is 2. The number of methoxy groups -OCH3 is 1. The van der Waals surface area contributed by atoms with Gasteiger partial charge in [0.05, 0.1) is 0 Å². The number of rotatable bonds is 3. The fraction of sp³-hybridized carbons (Fsp3) is 0.222. The Hall–Kier alpha value is -0.380. The lowest BCUT2D eigenvalue weighted by atomic mass is 10.1. The monoisotopic (exact) mass is 262 g/mol. The van der Waals surface area contributed by atoms with Crippen molar-refractivity contribution in [2.75, 3.05) is 7.11 Å². The molecule has 1 unspecified atom stereocenters. The Labute approximate surface area is 90.0 Å². The number of ether oxygens (including phenoxy) is 1. The van der Waals surface area contributed by atoms with E-state index in [1.807, 2.05) is 0 Å². The Morgan fingerprint density at radius 2 is 2.31 bits per heavy atom. The molecule has 0 aliphatic rings. The summed E-state index contributed by atoms with van der Waals surface area (Å²) in [6, 6.07) is 5.23. The molecule has 1 aromatic rings. The van der Waals surface area contributed by atoms with Crippen molar-refractivity contribution in [2.24, 2.45) is 0 Å². The highest BCUT2D eigenvalue weighted by Gasteiger charge is 2.12. The number of benzene rings is 1. The zero-order valence-corrected chi connectivity index (χ0v) is 9.30. The third-order valence-corrected chi connectivity index (χ3v) is 2.60. The zero-order chi connectivity index (χ0) is 9.84. The predicted molar refractivity (Wildman–Crippen MR) is 55.0 cm³/mol. The van der Waals surface area contributed by atoms with Gasteiger partial charge >= 0.3 is 0 Å². The van der Waals surface area contributed by atoms with Crippen LogP contribution in [-0.2, 0) is 9.53 Å². The van der Waals surface area contributed by atoms with Gasteiger partial charge in [-0.3, -0.25) is 0 Å². The SMILES string of the molecule is COC(C=O)c1cc(Cl)ccc1Br. The van der Waals surface area contributed by atoms with E-state index in [1.165, 1.54) is 7.11 Å². The summed E-state index contributed by atoms with van der Waals surface area (Å²) in [6.07, 6.45) is 0.171. The average molecular weight is 264 g/mol. The van der Waals surface area contributed by atoms with Gasteiger partial charge in [0.1, 0.15) is 6.10 Å². The lowest BCUT2D eigenvalue weighted by Gasteiger charge is -2.10. The lowest BCUT2D eigenvalue weighted by Crippen LogP contribution is -2.03. The highest BCUT2D eigenvalue weighted by atomic mass is 79.9. The molecule has 0 fully saturated rings. The number of hydrogen-bond donors (Lipinski definition) is 0. The van der Waals surface area contributed by atoms with Crippen LogP contribution in [0.2, 0.25) is 5.02 Å². The van der Waals surface area contributed by atoms with Crippen LogP contribution in [-0.4, -0.2) is 13.4 Å². The van der Waals surface area contributed by atoms with Crippen LogP contribution in [0.1, 0.15) is 11.7 Å². The smallest absolute Gasteiger partial charge is 0.153 e. The summed E-state index contributed by atoms with van der Waals surface area (Å²) in [5.74, 6) is 0. The van der Waals surface area contributed by atoms with E-state index in [0.29, 0.717) is 5.02 Å². The van der Waals surface area contributed by atoms with Gasteiger partial charge in [0.2, 0.25) is 0 Å². The molecule has 13 heavy (non-hydrogen) atoms. The van der Waals surface area contributed by atoms with Gasteiger partial charge in [-0.1, -0.05) is 27.5 Å². The van der Waals surface area contributed by atoms with Crippen molar-refractivity contribution in [3.8, 4) is 0 Å². The number of carbonyl (C=O) groups is 1. The molecule has 0 bridgehead atoms. The van der Waals surface area contributed by atoms with Crippen LogP contribution in [0.15, 0.2) is 22.7 Å². The zero-order valence-electron chi connectivity index (χ0n) is 6.96. The van der Waals surface area contributed by atoms with Crippen molar-refractivity contribution >= 4 is 33.8 Å². The van der Waals surface area contributed by atoms with Crippen molar-refractivity contribution in [3.05, 3.63) is 33.3 Å². The summed E-state index contributed by atoms with van der Waals surface area (Å²) in [4.78, 5) is 10.6. The van der Waals surface area contributed by atoms with Crippen molar-refractivity contribution in [3.63, 3.8) is 0 Å². The molecule has 1 atom stereocenters. The summed E-state index contributed by atoms with van der Waals surface area (Å²) >= 11 is 9.10. The molecule has 0 aliphatic heterocycles. The molecule has 0 heterocycles. The Morgan fingerprint density at radius 1 is 1.62 bits per heavy atom. The van der Waals surface area contributed by atoms with Crippen LogP contribution in [0.4, 0.5) is 0 Å². The normalized spacial score (nSPS) is 12.5. The number of aldehydes is 1. The molecule has 0 saturated heterocycles. The highest BCUT2D eigenvalue weighted by molar-refractivity contribution is 9.10. The molecule has 0 radical (unpaired) electrons. The largest absolute Gasteiger partial charge is 0.369 e. The molecule has 0 N–H and O–H groups in total. The Morgan fingerprint density at radius 3 is 2.85 bits per heavy atom. The second-order valence-electron chi connectivity index (χ2n) is 2.46. The van der Waals surface area contributed by atoms with E-state index in [2.05, 4.69) is 15.9 Å². The highest BCUT2D eigenvalue weighted by Crippen LogP contribution is 2.27. The minimum atomic E-state index is -0.562. The van der Waals surface area contributed by atoms with Crippen LogP contribution in [0.25, 0.3) is 0 Å². The average Bonchev–Trinajstić information content (AvgIpc) is 2.13. The molecule has 1 rings (SSSR count). The number of halogens is 2. The maximum absolute atomic E-state index is 10.6. The first-order valence-corrected chi connectivity index (χ1v) is 4.79. The molecular weight excluding hydrogens is 255 g/mol. The molecule has 1 aromatic carbocycles. The minimum absolute atomic E-state index is 0.562. The molecule has 0 amide bonds. The predicted octanol–water partition coefficient (Wildman–Crippen LogP) is 2.99. The number of carbonyl (C=O) groups excluding carboxylic acids is 1. The van der Waals surface area contributed by atoms with Crippen LogP contribution in [0.5, 0.6) is 0 Å². The van der Waals surface area contributed by atoms with Gasteiger partial charge in [0, 0.05) is 22.2 Å². The van der Waals surface area contributed by atoms with Gasteiger partial charge in [-0.05, 0) is 18.2 Å². The maximum atomic E-state index is 10.6. The molecule has 0 saturated carbocycles. The third kappa shape index (κ3) is 2.53. The summed E-state index contributed by atoms with van der Waals surface area (Å²) in [7, 11) is 1.48. The lowest BCUT2D eigenvalue weighted by molar-refractivity contribution is -0.116. The fourth-order valence-corrected chi connectivity index (χ4v) is 1.64. The second-order valence-corrected chi connectivity index (χ2v) is 3.75. The van der Waals surface area contributed by atoms with Crippen LogP contribution in [0, 0.1) is 0 Å². The molecule has 0 spiro atoms. The van der Waals surface area contributed by atoms with Gasteiger partial charge in [-0.2, -0.15) is 0 Å². The molecular formula is C9H8BrClO2. The van der Waals surface area contributed by atoms with Crippen molar-refractivity contribution in [1.82, 2.24) is 0 Å².